The molecular weight excluding hydrogens is 270 g/mol. The van der Waals surface area contributed by atoms with Crippen molar-refractivity contribution in [3.63, 3.8) is 0 Å². The van der Waals surface area contributed by atoms with Crippen molar-refractivity contribution >= 4 is 11.9 Å². The van der Waals surface area contributed by atoms with Gasteiger partial charge in [0.25, 0.3) is 0 Å². The fourth-order valence-electron chi connectivity index (χ4n) is 2.45. The third-order valence-corrected chi connectivity index (χ3v) is 3.79. The Hall–Kier alpha value is -1.88. The summed E-state index contributed by atoms with van der Waals surface area (Å²) < 4.78 is 5.68. The summed E-state index contributed by atoms with van der Waals surface area (Å²) in [5, 5.41) is 8.92. The average Bonchev–Trinajstić information content (AvgIpc) is 2.52. The number of carbonyl (C=O) groups excluding carboxylic acids is 1. The van der Waals surface area contributed by atoms with E-state index in [0.717, 1.165) is 12.8 Å². The van der Waals surface area contributed by atoms with Crippen molar-refractivity contribution in [1.82, 2.24) is 4.90 Å². The smallest absolute Gasteiger partial charge is 0.315 e. The molecule has 2 atom stereocenters. The molecule has 21 heavy (non-hydrogen) atoms. The van der Waals surface area contributed by atoms with Gasteiger partial charge in [-0.25, -0.2) is 0 Å². The van der Waals surface area contributed by atoms with E-state index in [1.54, 1.807) is 4.90 Å². The Morgan fingerprint density at radius 3 is 2.76 bits per heavy atom. The number of carboxylic acids is 1. The van der Waals surface area contributed by atoms with E-state index in [1.807, 2.05) is 18.2 Å². The number of morpholine rings is 1. The van der Waals surface area contributed by atoms with Crippen molar-refractivity contribution in [3.05, 3.63) is 35.9 Å². The Bertz CT molecular complexity index is 488. The number of ether oxygens (including phenoxy) is 1. The molecule has 5 nitrogen and oxygen atoms in total. The molecule has 0 spiro atoms. The number of nitrogens with zero attached hydrogens (tertiary/aromatic N) is 1. The summed E-state index contributed by atoms with van der Waals surface area (Å²) in [5.41, 5.74) is 1.24. The molecule has 1 aromatic rings. The van der Waals surface area contributed by atoms with Gasteiger partial charge in [0.1, 0.15) is 5.92 Å². The first-order valence-corrected chi connectivity index (χ1v) is 7.25. The zero-order chi connectivity index (χ0) is 15.2. The number of carbonyl (C=O) groups is 2. The lowest BCUT2D eigenvalue weighted by molar-refractivity contribution is -0.154. The molecule has 5 heteroatoms. The van der Waals surface area contributed by atoms with Crippen LogP contribution in [0.15, 0.2) is 30.3 Å². The second-order valence-corrected chi connectivity index (χ2v) is 5.36. The van der Waals surface area contributed by atoms with Gasteiger partial charge in [-0.1, -0.05) is 30.3 Å². The van der Waals surface area contributed by atoms with Crippen LogP contribution in [0.2, 0.25) is 0 Å². The molecule has 1 heterocycles. The Labute approximate surface area is 124 Å². The third kappa shape index (κ3) is 4.29. The Balaban J connectivity index is 1.86. The molecular formula is C16H21NO4. The maximum Gasteiger partial charge on any atom is 0.315 e. The topological polar surface area (TPSA) is 66.8 Å². The quantitative estimate of drug-likeness (QED) is 0.836. The number of benzene rings is 1. The summed E-state index contributed by atoms with van der Waals surface area (Å²) in [6, 6.07) is 10.1. The average molecular weight is 291 g/mol. The van der Waals surface area contributed by atoms with Crippen LogP contribution in [-0.2, 0) is 20.7 Å². The largest absolute Gasteiger partial charge is 0.481 e. The lowest BCUT2D eigenvalue weighted by Gasteiger charge is -2.34. The normalized spacial score (nSPS) is 20.0. The second kappa shape index (κ2) is 7.22. The minimum absolute atomic E-state index is 0.0242. The van der Waals surface area contributed by atoms with Gasteiger partial charge in [0.05, 0.1) is 12.7 Å². The Morgan fingerprint density at radius 1 is 1.38 bits per heavy atom. The first-order valence-electron chi connectivity index (χ1n) is 7.25. The predicted molar refractivity (Wildman–Crippen MR) is 77.9 cm³/mol. The molecule has 1 amide bonds. The standard InChI is InChI=1S/C16H21NO4/c1-12(16(19)20)15(18)17-9-10-21-14(11-17)8-7-13-5-3-2-4-6-13/h2-6,12,14H,7-11H2,1H3,(H,19,20). The molecule has 114 valence electrons. The van der Waals surface area contributed by atoms with Crippen molar-refractivity contribution in [2.75, 3.05) is 19.7 Å². The van der Waals surface area contributed by atoms with E-state index in [1.165, 1.54) is 12.5 Å². The SMILES string of the molecule is CC(C(=O)O)C(=O)N1CCOC(CCc2ccccc2)C1. The van der Waals surface area contributed by atoms with E-state index >= 15 is 0 Å². The highest BCUT2D eigenvalue weighted by Crippen LogP contribution is 2.14. The molecule has 0 radical (unpaired) electrons. The fourth-order valence-corrected chi connectivity index (χ4v) is 2.45. The minimum Gasteiger partial charge on any atom is -0.481 e. The number of hydrogen-bond donors (Lipinski definition) is 1. The number of aliphatic carboxylic acids is 1. The van der Waals surface area contributed by atoms with Gasteiger partial charge in [-0.3, -0.25) is 9.59 Å². The third-order valence-electron chi connectivity index (χ3n) is 3.79. The van der Waals surface area contributed by atoms with Crippen molar-refractivity contribution in [2.45, 2.75) is 25.9 Å². The van der Waals surface area contributed by atoms with E-state index in [9.17, 15) is 9.59 Å². The number of aryl methyl sites for hydroxylation is 1. The summed E-state index contributed by atoms with van der Waals surface area (Å²) in [6.07, 6.45) is 1.70. The van der Waals surface area contributed by atoms with Crippen molar-refractivity contribution in [1.29, 1.82) is 0 Å². The van der Waals surface area contributed by atoms with Gasteiger partial charge in [-0.2, -0.15) is 0 Å². The maximum absolute atomic E-state index is 12.0. The molecule has 0 saturated carbocycles. The van der Waals surface area contributed by atoms with E-state index in [-0.39, 0.29) is 12.0 Å². The number of carboxylic acid groups (broad SMARTS) is 1. The highest BCUT2D eigenvalue weighted by atomic mass is 16.5. The minimum atomic E-state index is -1.08. The van der Waals surface area contributed by atoms with Crippen LogP contribution in [0.25, 0.3) is 0 Å². The van der Waals surface area contributed by atoms with E-state index < -0.39 is 11.9 Å². The molecule has 1 N–H and O–H groups in total. The summed E-state index contributed by atoms with van der Waals surface area (Å²) in [7, 11) is 0. The molecule has 1 aliphatic rings. The molecule has 0 bridgehead atoms. The number of amides is 1. The van der Waals surface area contributed by atoms with Crippen LogP contribution >= 0.6 is 0 Å². The van der Waals surface area contributed by atoms with Gasteiger partial charge in [0, 0.05) is 13.1 Å². The first-order chi connectivity index (χ1) is 10.1. The van der Waals surface area contributed by atoms with Gasteiger partial charge in [0.2, 0.25) is 5.91 Å². The molecule has 2 unspecified atom stereocenters. The lowest BCUT2D eigenvalue weighted by Crippen LogP contribution is -2.48. The second-order valence-electron chi connectivity index (χ2n) is 5.36. The van der Waals surface area contributed by atoms with E-state index in [2.05, 4.69) is 12.1 Å². The lowest BCUT2D eigenvalue weighted by atomic mass is 10.0. The monoisotopic (exact) mass is 291 g/mol. The van der Waals surface area contributed by atoms with Crippen LogP contribution in [-0.4, -0.2) is 47.7 Å². The van der Waals surface area contributed by atoms with Gasteiger partial charge >= 0.3 is 5.97 Å². The predicted octanol–water partition coefficient (Wildman–Crippen LogP) is 1.57. The molecule has 1 saturated heterocycles. The van der Waals surface area contributed by atoms with Crippen LogP contribution < -0.4 is 0 Å². The summed E-state index contributed by atoms with van der Waals surface area (Å²) in [4.78, 5) is 24.6. The molecule has 2 rings (SSSR count). The van der Waals surface area contributed by atoms with Crippen LogP contribution in [0.5, 0.6) is 0 Å². The van der Waals surface area contributed by atoms with Gasteiger partial charge in [-0.15, -0.1) is 0 Å². The number of hydrogen-bond acceptors (Lipinski definition) is 3. The summed E-state index contributed by atoms with van der Waals surface area (Å²) in [5.74, 6) is -2.39. The van der Waals surface area contributed by atoms with Crippen LogP contribution in [0, 0.1) is 5.92 Å². The van der Waals surface area contributed by atoms with E-state index in [0.29, 0.717) is 19.7 Å². The maximum atomic E-state index is 12.0. The molecule has 1 aromatic carbocycles. The summed E-state index contributed by atoms with van der Waals surface area (Å²) >= 11 is 0. The zero-order valence-corrected chi connectivity index (χ0v) is 12.2. The van der Waals surface area contributed by atoms with Gasteiger partial charge < -0.3 is 14.7 Å². The number of rotatable bonds is 5. The zero-order valence-electron chi connectivity index (χ0n) is 12.2. The van der Waals surface area contributed by atoms with Gasteiger partial charge in [0.15, 0.2) is 0 Å². The highest BCUT2D eigenvalue weighted by Gasteiger charge is 2.30. The van der Waals surface area contributed by atoms with Gasteiger partial charge in [-0.05, 0) is 25.3 Å². The molecule has 1 fully saturated rings. The Kier molecular flexibility index (Phi) is 5.33. The fraction of sp³-hybridized carbons (Fsp3) is 0.500. The van der Waals surface area contributed by atoms with Crippen LogP contribution in [0.4, 0.5) is 0 Å². The van der Waals surface area contributed by atoms with E-state index in [4.69, 9.17) is 9.84 Å². The van der Waals surface area contributed by atoms with Crippen molar-refractivity contribution < 1.29 is 19.4 Å². The molecule has 0 aliphatic carbocycles. The van der Waals surface area contributed by atoms with Crippen molar-refractivity contribution in [2.24, 2.45) is 5.92 Å². The van der Waals surface area contributed by atoms with Crippen molar-refractivity contribution in [3.8, 4) is 0 Å². The molecule has 1 aliphatic heterocycles. The first kappa shape index (κ1) is 15.5. The van der Waals surface area contributed by atoms with Crippen LogP contribution in [0.1, 0.15) is 18.9 Å². The highest BCUT2D eigenvalue weighted by molar-refractivity contribution is 5.96. The van der Waals surface area contributed by atoms with Crippen LogP contribution in [0.3, 0.4) is 0 Å². The summed E-state index contributed by atoms with van der Waals surface area (Å²) in [6.45, 7) is 2.85. The molecule has 0 aromatic heterocycles. The Morgan fingerprint density at radius 2 is 2.10 bits per heavy atom.